The van der Waals surface area contributed by atoms with E-state index in [1.54, 1.807) is 23.1 Å². The lowest BCUT2D eigenvalue weighted by atomic mass is 9.99. The Bertz CT molecular complexity index is 706. The number of likely N-dealkylation sites (tertiary alicyclic amines) is 1. The van der Waals surface area contributed by atoms with Crippen molar-refractivity contribution in [3.05, 3.63) is 24.3 Å². The molecule has 0 aliphatic carbocycles. The van der Waals surface area contributed by atoms with Gasteiger partial charge in [0.2, 0.25) is 5.91 Å². The van der Waals surface area contributed by atoms with Gasteiger partial charge in [-0.2, -0.15) is 8.42 Å². The van der Waals surface area contributed by atoms with Crippen molar-refractivity contribution in [2.75, 3.05) is 24.5 Å². The molecule has 2 aliphatic heterocycles. The fraction of sp³-hybridized carbons (Fsp3) is 0.467. The Hall–Kier alpha value is -1.89. The average molecular weight is 321 g/mol. The topological polar surface area (TPSA) is 70.1 Å². The summed E-state index contributed by atoms with van der Waals surface area (Å²) >= 11 is 0. The van der Waals surface area contributed by atoms with E-state index in [0.717, 1.165) is 25.9 Å². The van der Waals surface area contributed by atoms with E-state index in [-0.39, 0.29) is 17.3 Å². The fourth-order valence-corrected chi connectivity index (χ4v) is 3.83. The fourth-order valence-electron chi connectivity index (χ4n) is 2.78. The number of fused-ring (bicyclic) bond motifs is 1. The van der Waals surface area contributed by atoms with Crippen LogP contribution in [-0.4, -0.2) is 45.2 Å². The minimum Gasteiger partial charge on any atom is -0.341 e. The standard InChI is InChI=1S/C15H19N3O3S/c1-12-6-8-17(9-7-12)15(19)10-18-11-16-22(20,21)14-5-3-2-4-13(14)18/h2-5,11-12H,6-10H2,1H3. The molecule has 118 valence electrons. The van der Waals surface area contributed by atoms with E-state index in [0.29, 0.717) is 11.6 Å². The Morgan fingerprint density at radius 1 is 1.27 bits per heavy atom. The monoisotopic (exact) mass is 321 g/mol. The number of amides is 1. The Morgan fingerprint density at radius 3 is 2.68 bits per heavy atom. The molecule has 0 bridgehead atoms. The second-order valence-electron chi connectivity index (χ2n) is 5.85. The van der Waals surface area contributed by atoms with Crippen LogP contribution in [0.15, 0.2) is 33.6 Å². The van der Waals surface area contributed by atoms with Crippen LogP contribution >= 0.6 is 0 Å². The lowest BCUT2D eigenvalue weighted by Gasteiger charge is -2.32. The maximum absolute atomic E-state index is 12.4. The normalized spacial score (nSPS) is 20.8. The maximum atomic E-state index is 12.4. The first-order valence-corrected chi connectivity index (χ1v) is 8.85. The highest BCUT2D eigenvalue weighted by Gasteiger charge is 2.28. The first-order valence-electron chi connectivity index (χ1n) is 7.41. The molecule has 2 aliphatic rings. The van der Waals surface area contributed by atoms with Gasteiger partial charge in [0, 0.05) is 13.1 Å². The van der Waals surface area contributed by atoms with Crippen molar-refractivity contribution in [3.63, 3.8) is 0 Å². The van der Waals surface area contributed by atoms with Gasteiger partial charge >= 0.3 is 0 Å². The SMILES string of the molecule is CC1CCN(C(=O)CN2C=NS(=O)(=O)c3ccccc32)CC1. The molecule has 3 rings (SSSR count). The van der Waals surface area contributed by atoms with Gasteiger partial charge in [-0.3, -0.25) is 4.79 Å². The third kappa shape index (κ3) is 2.85. The zero-order valence-corrected chi connectivity index (χ0v) is 13.3. The molecule has 2 heterocycles. The third-order valence-corrected chi connectivity index (χ3v) is 5.49. The molecule has 0 unspecified atom stereocenters. The summed E-state index contributed by atoms with van der Waals surface area (Å²) < 4.78 is 27.4. The van der Waals surface area contributed by atoms with Gasteiger partial charge in [0.05, 0.1) is 5.69 Å². The maximum Gasteiger partial charge on any atom is 0.285 e. The molecule has 22 heavy (non-hydrogen) atoms. The molecule has 0 radical (unpaired) electrons. The smallest absolute Gasteiger partial charge is 0.285 e. The zero-order valence-electron chi connectivity index (χ0n) is 12.5. The molecule has 7 heteroatoms. The number of rotatable bonds is 2. The number of hydrogen-bond acceptors (Lipinski definition) is 4. The molecule has 0 spiro atoms. The molecular formula is C15H19N3O3S. The number of hydrogen-bond donors (Lipinski definition) is 0. The van der Waals surface area contributed by atoms with Crippen molar-refractivity contribution in [2.45, 2.75) is 24.7 Å². The second kappa shape index (κ2) is 5.72. The highest BCUT2D eigenvalue weighted by Crippen LogP contribution is 2.29. The Morgan fingerprint density at radius 2 is 1.95 bits per heavy atom. The number of sulfonamides is 1. The molecule has 0 saturated carbocycles. The summed E-state index contributed by atoms with van der Waals surface area (Å²) in [5, 5.41) is 0. The number of benzene rings is 1. The van der Waals surface area contributed by atoms with Crippen LogP contribution in [0.4, 0.5) is 5.69 Å². The quantitative estimate of drug-likeness (QED) is 0.827. The lowest BCUT2D eigenvalue weighted by molar-refractivity contribution is -0.130. The van der Waals surface area contributed by atoms with Gasteiger partial charge in [0.15, 0.2) is 0 Å². The Labute approximate surface area is 130 Å². The first kappa shape index (κ1) is 15.0. The van der Waals surface area contributed by atoms with Gasteiger partial charge in [0.1, 0.15) is 17.8 Å². The summed E-state index contributed by atoms with van der Waals surface area (Å²) in [6, 6.07) is 6.63. The van der Waals surface area contributed by atoms with Crippen molar-refractivity contribution in [1.82, 2.24) is 4.90 Å². The van der Waals surface area contributed by atoms with Crippen LogP contribution in [0, 0.1) is 5.92 Å². The number of carbonyl (C=O) groups is 1. The molecule has 0 atom stereocenters. The first-order chi connectivity index (χ1) is 10.5. The summed E-state index contributed by atoms with van der Waals surface area (Å²) in [5.41, 5.74) is 0.510. The summed E-state index contributed by atoms with van der Waals surface area (Å²) in [5.74, 6) is 0.666. The van der Waals surface area contributed by atoms with E-state index in [9.17, 15) is 13.2 Å². The average Bonchev–Trinajstić information content (AvgIpc) is 2.51. The van der Waals surface area contributed by atoms with E-state index >= 15 is 0 Å². The minimum absolute atomic E-state index is 0.00690. The largest absolute Gasteiger partial charge is 0.341 e. The third-order valence-electron chi connectivity index (χ3n) is 4.22. The van der Waals surface area contributed by atoms with Crippen LogP contribution in [0.1, 0.15) is 19.8 Å². The van der Waals surface area contributed by atoms with Gasteiger partial charge in [-0.25, -0.2) is 0 Å². The van der Waals surface area contributed by atoms with Crippen molar-refractivity contribution < 1.29 is 13.2 Å². The van der Waals surface area contributed by atoms with Crippen molar-refractivity contribution >= 4 is 28.0 Å². The number of carbonyl (C=O) groups excluding carboxylic acids is 1. The molecule has 1 aromatic carbocycles. The minimum atomic E-state index is -3.64. The Kier molecular flexibility index (Phi) is 3.90. The van der Waals surface area contributed by atoms with Crippen LogP contribution in [0.3, 0.4) is 0 Å². The molecule has 0 aromatic heterocycles. The molecule has 1 saturated heterocycles. The van der Waals surface area contributed by atoms with Crippen molar-refractivity contribution in [3.8, 4) is 0 Å². The lowest BCUT2D eigenvalue weighted by Crippen LogP contribution is -2.44. The van der Waals surface area contributed by atoms with Gasteiger partial charge in [-0.15, -0.1) is 4.40 Å². The van der Waals surface area contributed by atoms with Gasteiger partial charge in [-0.05, 0) is 30.9 Å². The van der Waals surface area contributed by atoms with E-state index in [4.69, 9.17) is 0 Å². The summed E-state index contributed by atoms with van der Waals surface area (Å²) in [6.45, 7) is 3.85. The number of anilines is 1. The number of nitrogens with zero attached hydrogens (tertiary/aromatic N) is 3. The van der Waals surface area contributed by atoms with Crippen LogP contribution in [-0.2, 0) is 14.8 Å². The number of para-hydroxylation sites is 1. The predicted molar refractivity (Wildman–Crippen MR) is 84.4 cm³/mol. The molecule has 1 amide bonds. The van der Waals surface area contributed by atoms with Crippen LogP contribution in [0.5, 0.6) is 0 Å². The van der Waals surface area contributed by atoms with Gasteiger partial charge in [-0.1, -0.05) is 19.1 Å². The highest BCUT2D eigenvalue weighted by molar-refractivity contribution is 7.90. The predicted octanol–water partition coefficient (Wildman–Crippen LogP) is 1.48. The van der Waals surface area contributed by atoms with Crippen LogP contribution < -0.4 is 4.90 Å². The second-order valence-corrected chi connectivity index (χ2v) is 7.46. The molecule has 6 nitrogen and oxygen atoms in total. The van der Waals surface area contributed by atoms with E-state index < -0.39 is 10.0 Å². The highest BCUT2D eigenvalue weighted by atomic mass is 32.2. The van der Waals surface area contributed by atoms with Crippen molar-refractivity contribution in [1.29, 1.82) is 0 Å². The van der Waals surface area contributed by atoms with Crippen molar-refractivity contribution in [2.24, 2.45) is 10.3 Å². The van der Waals surface area contributed by atoms with E-state index in [2.05, 4.69) is 11.3 Å². The van der Waals surface area contributed by atoms with E-state index in [1.807, 2.05) is 4.90 Å². The number of piperidine rings is 1. The van der Waals surface area contributed by atoms with E-state index in [1.165, 1.54) is 12.4 Å². The summed E-state index contributed by atoms with van der Waals surface area (Å²) in [7, 11) is -3.64. The molecular weight excluding hydrogens is 302 g/mol. The van der Waals surface area contributed by atoms with Crippen LogP contribution in [0.25, 0.3) is 0 Å². The summed E-state index contributed by atoms with van der Waals surface area (Å²) in [4.78, 5) is 16.0. The van der Waals surface area contributed by atoms with Gasteiger partial charge in [0.25, 0.3) is 10.0 Å². The Balaban J connectivity index is 1.77. The zero-order chi connectivity index (χ0) is 15.7. The molecule has 0 N–H and O–H groups in total. The molecule has 1 aromatic rings. The summed E-state index contributed by atoms with van der Waals surface area (Å²) in [6.07, 6.45) is 3.28. The van der Waals surface area contributed by atoms with Gasteiger partial charge < -0.3 is 9.80 Å². The molecule has 1 fully saturated rings. The van der Waals surface area contributed by atoms with Crippen LogP contribution in [0.2, 0.25) is 0 Å².